The van der Waals surface area contributed by atoms with Crippen molar-refractivity contribution >= 4 is 53.2 Å². The van der Waals surface area contributed by atoms with Crippen LogP contribution in [0.5, 0.6) is 0 Å². The average Bonchev–Trinajstić information content (AvgIpc) is 2.79. The van der Waals surface area contributed by atoms with Gasteiger partial charge in [-0.3, -0.25) is 19.4 Å². The Morgan fingerprint density at radius 3 is 1.91 bits per heavy atom. The normalized spacial score (nSPS) is 15.1. The van der Waals surface area contributed by atoms with Crippen LogP contribution in [0.1, 0.15) is 32.6 Å². The van der Waals surface area contributed by atoms with Crippen LogP contribution in [0.25, 0.3) is 0 Å². The highest BCUT2D eigenvalue weighted by Gasteiger charge is 2.32. The maximum atomic E-state index is 12.9. The van der Waals surface area contributed by atoms with Crippen LogP contribution < -0.4 is 33.2 Å². The number of aliphatic carboxylic acids is 1. The number of nitrogens with two attached hydrogens (primary N) is 3. The predicted molar refractivity (Wildman–Crippen MR) is 139 cm³/mol. The SMILES string of the molecule is CSCCC(NC(=O)C(NC(=O)C(CCSC)NC(=O)C(N)CCCN=C(N)N)C(C)O)C(=O)O. The Kier molecular flexibility index (Phi) is 16.9. The summed E-state index contributed by atoms with van der Waals surface area (Å²) in [5, 5.41) is 26.8. The summed E-state index contributed by atoms with van der Waals surface area (Å²) >= 11 is 2.88. The zero-order valence-corrected chi connectivity index (χ0v) is 22.0. The summed E-state index contributed by atoms with van der Waals surface area (Å²) < 4.78 is 0. The minimum absolute atomic E-state index is 0.0625. The third kappa shape index (κ3) is 14.0. The number of nitrogens with zero attached hydrogens (tertiary/aromatic N) is 1. The van der Waals surface area contributed by atoms with E-state index in [1.807, 2.05) is 6.26 Å². The molecule has 0 saturated carbocycles. The number of rotatable bonds is 18. The molecule has 0 radical (unpaired) electrons. The number of aliphatic hydroxyl groups is 1. The second-order valence-corrected chi connectivity index (χ2v) is 9.78. The lowest BCUT2D eigenvalue weighted by atomic mass is 10.1. The molecule has 0 rings (SSSR count). The quantitative estimate of drug-likeness (QED) is 0.0530. The summed E-state index contributed by atoms with van der Waals surface area (Å²) in [6.45, 7) is 1.60. The van der Waals surface area contributed by atoms with Gasteiger partial charge in [0.15, 0.2) is 5.96 Å². The van der Waals surface area contributed by atoms with Crippen molar-refractivity contribution in [2.75, 3.05) is 30.6 Å². The molecule has 5 unspecified atom stereocenters. The van der Waals surface area contributed by atoms with Crippen molar-refractivity contribution in [3.63, 3.8) is 0 Å². The highest BCUT2D eigenvalue weighted by atomic mass is 32.2. The Morgan fingerprint density at radius 1 is 0.886 bits per heavy atom. The summed E-state index contributed by atoms with van der Waals surface area (Å²) in [6.07, 6.45) is 3.49. The van der Waals surface area contributed by atoms with Gasteiger partial charge in [0.1, 0.15) is 18.1 Å². The molecule has 0 saturated heterocycles. The standard InChI is InChI=1S/C20H39N7O6S2/c1-11(28)15(18(31)26-14(19(32)33)7-10-35-3)27-17(30)13(6-9-34-2)25-16(29)12(21)5-4-8-24-20(22)23/h11-15,28H,4-10,21H2,1-3H3,(H,25,29)(H,26,31)(H,27,30)(H,32,33)(H4,22,23,24). The molecule has 202 valence electrons. The van der Waals surface area contributed by atoms with E-state index in [0.717, 1.165) is 0 Å². The van der Waals surface area contributed by atoms with Gasteiger partial charge in [-0.15, -0.1) is 0 Å². The summed E-state index contributed by atoms with van der Waals surface area (Å²) in [7, 11) is 0. The Hall–Kier alpha value is -2.23. The first kappa shape index (κ1) is 32.8. The van der Waals surface area contributed by atoms with Gasteiger partial charge in [0, 0.05) is 6.54 Å². The van der Waals surface area contributed by atoms with Crippen molar-refractivity contribution in [1.82, 2.24) is 16.0 Å². The molecule has 3 amide bonds. The second-order valence-electron chi connectivity index (χ2n) is 7.81. The number of aliphatic hydroxyl groups excluding tert-OH is 1. The summed E-state index contributed by atoms with van der Waals surface area (Å²) in [5.74, 6) is -2.35. The highest BCUT2D eigenvalue weighted by molar-refractivity contribution is 7.98. The first-order valence-corrected chi connectivity index (χ1v) is 13.8. The van der Waals surface area contributed by atoms with Gasteiger partial charge in [-0.25, -0.2) is 4.79 Å². The minimum Gasteiger partial charge on any atom is -0.480 e. The van der Waals surface area contributed by atoms with Crippen LogP contribution >= 0.6 is 23.5 Å². The zero-order valence-electron chi connectivity index (χ0n) is 20.4. The van der Waals surface area contributed by atoms with E-state index < -0.39 is 54.0 Å². The number of carbonyl (C=O) groups excluding carboxylic acids is 3. The lowest BCUT2D eigenvalue weighted by Gasteiger charge is -2.26. The smallest absolute Gasteiger partial charge is 0.326 e. The summed E-state index contributed by atoms with van der Waals surface area (Å²) in [5.41, 5.74) is 16.4. The topological polar surface area (TPSA) is 235 Å². The number of carboxylic acids is 1. The molecule has 11 N–H and O–H groups in total. The number of hydrogen-bond donors (Lipinski definition) is 8. The average molecular weight is 538 g/mol. The van der Waals surface area contributed by atoms with E-state index in [9.17, 15) is 29.4 Å². The number of nitrogens with one attached hydrogen (secondary N) is 3. The van der Waals surface area contributed by atoms with Crippen LogP contribution in [0.3, 0.4) is 0 Å². The van der Waals surface area contributed by atoms with Crippen molar-refractivity contribution < 1.29 is 29.4 Å². The Bertz CT molecular complexity index is 722. The molecule has 0 aromatic carbocycles. The molecule has 13 nitrogen and oxygen atoms in total. The molecule has 0 aromatic rings. The van der Waals surface area contributed by atoms with Gasteiger partial charge in [0.05, 0.1) is 12.1 Å². The van der Waals surface area contributed by atoms with Crippen LogP contribution in [0.4, 0.5) is 0 Å². The first-order valence-electron chi connectivity index (χ1n) is 11.0. The molecule has 0 heterocycles. The number of amides is 3. The maximum absolute atomic E-state index is 12.9. The van der Waals surface area contributed by atoms with Crippen LogP contribution in [0, 0.1) is 0 Å². The number of aliphatic imine (C=N–C) groups is 1. The number of thioether (sulfide) groups is 2. The van der Waals surface area contributed by atoms with Gasteiger partial charge in [-0.1, -0.05) is 0 Å². The van der Waals surface area contributed by atoms with E-state index in [-0.39, 0.29) is 25.2 Å². The van der Waals surface area contributed by atoms with Gasteiger partial charge in [-0.05, 0) is 56.6 Å². The van der Waals surface area contributed by atoms with E-state index in [4.69, 9.17) is 17.2 Å². The fourth-order valence-electron chi connectivity index (χ4n) is 2.85. The van der Waals surface area contributed by atoms with Crippen molar-refractivity contribution in [2.24, 2.45) is 22.2 Å². The van der Waals surface area contributed by atoms with Crippen LogP contribution in [-0.4, -0.2) is 101 Å². The first-order chi connectivity index (χ1) is 16.4. The molecular formula is C20H39N7O6S2. The Balaban J connectivity index is 5.25. The number of hydrogen-bond acceptors (Lipinski definition) is 9. The van der Waals surface area contributed by atoms with Gasteiger partial charge in [-0.2, -0.15) is 23.5 Å². The third-order valence-electron chi connectivity index (χ3n) is 4.84. The number of carbonyl (C=O) groups is 4. The third-order valence-corrected chi connectivity index (χ3v) is 6.12. The summed E-state index contributed by atoms with van der Waals surface area (Å²) in [4.78, 5) is 53.4. The minimum atomic E-state index is -1.42. The van der Waals surface area contributed by atoms with Gasteiger partial charge < -0.3 is 43.4 Å². The lowest BCUT2D eigenvalue weighted by Crippen LogP contribution is -2.60. The Morgan fingerprint density at radius 2 is 1.43 bits per heavy atom. The van der Waals surface area contributed by atoms with Crippen molar-refractivity contribution in [3.05, 3.63) is 0 Å². The molecule has 15 heteroatoms. The molecule has 0 aliphatic carbocycles. The Labute approximate surface area is 214 Å². The molecule has 0 aromatic heterocycles. The summed E-state index contributed by atoms with van der Waals surface area (Å²) in [6, 6.07) is -4.51. The van der Waals surface area contributed by atoms with E-state index in [1.54, 1.807) is 6.26 Å². The van der Waals surface area contributed by atoms with E-state index in [0.29, 0.717) is 24.5 Å². The molecule has 0 bridgehead atoms. The van der Waals surface area contributed by atoms with Crippen LogP contribution in [-0.2, 0) is 19.2 Å². The monoisotopic (exact) mass is 537 g/mol. The van der Waals surface area contributed by atoms with Crippen molar-refractivity contribution in [3.8, 4) is 0 Å². The van der Waals surface area contributed by atoms with Gasteiger partial charge >= 0.3 is 5.97 Å². The van der Waals surface area contributed by atoms with Gasteiger partial charge in [0.2, 0.25) is 17.7 Å². The fraction of sp³-hybridized carbons (Fsp3) is 0.750. The van der Waals surface area contributed by atoms with Crippen molar-refractivity contribution in [1.29, 1.82) is 0 Å². The molecule has 0 aliphatic heterocycles. The van der Waals surface area contributed by atoms with Crippen LogP contribution in [0.2, 0.25) is 0 Å². The molecule has 0 fully saturated rings. The molecular weight excluding hydrogens is 498 g/mol. The zero-order chi connectivity index (χ0) is 27.0. The highest BCUT2D eigenvalue weighted by Crippen LogP contribution is 2.06. The van der Waals surface area contributed by atoms with Crippen LogP contribution in [0.15, 0.2) is 4.99 Å². The van der Waals surface area contributed by atoms with Crippen molar-refractivity contribution in [2.45, 2.75) is 62.9 Å². The van der Waals surface area contributed by atoms with E-state index >= 15 is 0 Å². The second kappa shape index (κ2) is 18.1. The fourth-order valence-corrected chi connectivity index (χ4v) is 3.79. The number of guanidine groups is 1. The molecule has 0 spiro atoms. The predicted octanol–water partition coefficient (Wildman–Crippen LogP) is -2.21. The molecule has 0 aliphatic rings. The van der Waals surface area contributed by atoms with Gasteiger partial charge in [0.25, 0.3) is 0 Å². The number of carboxylic acid groups (broad SMARTS) is 1. The maximum Gasteiger partial charge on any atom is 0.326 e. The van der Waals surface area contributed by atoms with E-state index in [1.165, 1.54) is 30.4 Å². The molecule has 5 atom stereocenters. The molecule has 35 heavy (non-hydrogen) atoms. The largest absolute Gasteiger partial charge is 0.480 e. The lowest BCUT2D eigenvalue weighted by molar-refractivity contribution is -0.143. The van der Waals surface area contributed by atoms with E-state index in [2.05, 4.69) is 20.9 Å².